The normalized spacial score (nSPS) is 35.4. The van der Waals surface area contributed by atoms with E-state index in [0.717, 1.165) is 31.1 Å². The Morgan fingerprint density at radius 1 is 1.37 bits per heavy atom. The average Bonchev–Trinajstić information content (AvgIpc) is 2.71. The zero-order chi connectivity index (χ0) is 13.8. The van der Waals surface area contributed by atoms with Crippen molar-refractivity contribution in [2.45, 2.75) is 65.3 Å². The largest absolute Gasteiger partial charge is 0.287 e. The first-order chi connectivity index (χ1) is 9.11. The molecule has 0 aromatic heterocycles. The molecule has 106 valence electrons. The van der Waals surface area contributed by atoms with E-state index in [9.17, 15) is 0 Å². The summed E-state index contributed by atoms with van der Waals surface area (Å²) in [6, 6.07) is 0.511. The van der Waals surface area contributed by atoms with Gasteiger partial charge in [0.25, 0.3) is 6.29 Å². The minimum Gasteiger partial charge on any atom is -0.287 e. The van der Waals surface area contributed by atoms with Crippen LogP contribution in [0.15, 0.2) is 10.6 Å². The maximum absolute atomic E-state index is 8.94. The molecule has 0 aromatic rings. The van der Waals surface area contributed by atoms with Crippen LogP contribution in [-0.2, 0) is 0 Å². The van der Waals surface area contributed by atoms with Crippen LogP contribution in [0.1, 0.15) is 59.3 Å². The minimum absolute atomic E-state index is 0.309. The molecule has 1 aliphatic heterocycles. The lowest BCUT2D eigenvalue weighted by molar-refractivity contribution is 0.356. The lowest BCUT2D eigenvalue weighted by atomic mass is 9.86. The molecule has 2 aliphatic rings. The molecule has 2 nitrogen and oxygen atoms in total. The zero-order valence-electron chi connectivity index (χ0n) is 12.6. The molecule has 0 spiro atoms. The van der Waals surface area contributed by atoms with Crippen LogP contribution in [0.2, 0.25) is 0 Å². The lowest BCUT2D eigenvalue weighted by Gasteiger charge is -2.19. The van der Waals surface area contributed by atoms with Crippen molar-refractivity contribution >= 4 is 12.2 Å². The topological polar surface area (TPSA) is 33.8 Å². The Balaban J connectivity index is 1.87. The van der Waals surface area contributed by atoms with E-state index in [-0.39, 0.29) is 0 Å². The molecule has 0 aromatic carbocycles. The second-order valence-corrected chi connectivity index (χ2v) is 6.73. The van der Waals surface area contributed by atoms with Crippen molar-refractivity contribution in [1.29, 1.82) is 0 Å². The molecule has 1 N–H and O–H groups in total. The highest BCUT2D eigenvalue weighted by atomic mass is 16.1. The summed E-state index contributed by atoms with van der Waals surface area (Å²) < 4.78 is 0. The quantitative estimate of drug-likeness (QED) is 0.530. The van der Waals surface area contributed by atoms with Gasteiger partial charge in [0.05, 0.1) is 12.0 Å². The van der Waals surface area contributed by atoms with Crippen LogP contribution in [0.25, 0.3) is 0 Å². The van der Waals surface area contributed by atoms with Crippen LogP contribution in [0.5, 0.6) is 0 Å². The fraction of sp³-hybridized carbons (Fsp3) is 0.824. The molecule has 0 bridgehead atoms. The van der Waals surface area contributed by atoms with Crippen molar-refractivity contribution in [2.24, 2.45) is 28.7 Å². The molecule has 19 heavy (non-hydrogen) atoms. The standard InChI is InChI=1S/C17H27NO/c1-12(11-19)5-4-6-15-10-18-17-9-14(3)13(2)7-8-16(15)17/h11-14,16-17H,4-9H2,1-3H3/p+1. The van der Waals surface area contributed by atoms with Crippen LogP contribution in [-0.4, -0.2) is 23.0 Å². The first-order valence-corrected chi connectivity index (χ1v) is 7.91. The van der Waals surface area contributed by atoms with Gasteiger partial charge >= 0.3 is 0 Å². The fourth-order valence-corrected chi connectivity index (χ4v) is 3.43. The molecule has 1 heterocycles. The Morgan fingerprint density at radius 2 is 2.16 bits per heavy atom. The summed E-state index contributed by atoms with van der Waals surface area (Å²) in [5, 5.41) is 0. The molecule has 1 saturated carbocycles. The average molecular weight is 262 g/mol. The van der Waals surface area contributed by atoms with E-state index >= 15 is 0 Å². The van der Waals surface area contributed by atoms with E-state index in [1.165, 1.54) is 31.1 Å². The third-order valence-electron chi connectivity index (χ3n) is 5.16. The number of aldehydes is 1. The van der Waals surface area contributed by atoms with Gasteiger partial charge in [-0.1, -0.05) is 20.8 Å². The summed E-state index contributed by atoms with van der Waals surface area (Å²) >= 11 is 0. The SMILES string of the molecule is CC(C=[OH+])CCCC1=C=NC2CC(C)C(C)CCC12. The predicted octanol–water partition coefficient (Wildman–Crippen LogP) is 4.02. The fourth-order valence-electron chi connectivity index (χ4n) is 3.43. The summed E-state index contributed by atoms with van der Waals surface area (Å²) in [5.74, 6) is 5.93. The maximum Gasteiger partial charge on any atom is 0.284 e. The second-order valence-electron chi connectivity index (χ2n) is 6.73. The summed E-state index contributed by atoms with van der Waals surface area (Å²) in [5.41, 5.74) is 1.46. The van der Waals surface area contributed by atoms with Crippen LogP contribution in [0.4, 0.5) is 0 Å². The highest BCUT2D eigenvalue weighted by Gasteiger charge is 2.34. The zero-order valence-corrected chi connectivity index (χ0v) is 12.6. The monoisotopic (exact) mass is 262 g/mol. The summed E-state index contributed by atoms with van der Waals surface area (Å²) in [6.07, 6.45) is 8.51. The Morgan fingerprint density at radius 3 is 2.89 bits per heavy atom. The van der Waals surface area contributed by atoms with Crippen molar-refractivity contribution in [3.8, 4) is 0 Å². The van der Waals surface area contributed by atoms with Gasteiger partial charge in [-0.25, -0.2) is 4.99 Å². The molecule has 2 rings (SSSR count). The Bertz CT molecular complexity index is 381. The molecule has 5 unspecified atom stereocenters. The predicted molar refractivity (Wildman–Crippen MR) is 81.4 cm³/mol. The third-order valence-corrected chi connectivity index (χ3v) is 5.16. The molecule has 0 radical (unpaired) electrons. The van der Waals surface area contributed by atoms with Crippen molar-refractivity contribution in [1.82, 2.24) is 0 Å². The van der Waals surface area contributed by atoms with E-state index in [1.807, 2.05) is 0 Å². The van der Waals surface area contributed by atoms with Crippen LogP contribution in [0, 0.1) is 23.7 Å². The Kier molecular flexibility index (Phi) is 4.99. The number of rotatable bonds is 5. The van der Waals surface area contributed by atoms with E-state index in [4.69, 9.17) is 4.79 Å². The Labute approximate surface area is 117 Å². The molecule has 1 aliphatic carbocycles. The van der Waals surface area contributed by atoms with Gasteiger partial charge in [0.15, 0.2) is 0 Å². The highest BCUT2D eigenvalue weighted by molar-refractivity contribution is 5.62. The van der Waals surface area contributed by atoms with Gasteiger partial charge in [0.1, 0.15) is 0 Å². The van der Waals surface area contributed by atoms with Crippen molar-refractivity contribution in [3.05, 3.63) is 5.57 Å². The van der Waals surface area contributed by atoms with E-state index in [2.05, 4.69) is 31.6 Å². The first-order valence-electron chi connectivity index (χ1n) is 7.91. The maximum atomic E-state index is 8.94. The number of fused-ring (bicyclic) bond motifs is 1. The van der Waals surface area contributed by atoms with Gasteiger partial charge in [-0.15, -0.1) is 0 Å². The minimum atomic E-state index is 0.309. The number of nitrogens with zero attached hydrogens (tertiary/aromatic N) is 1. The molecular formula is C17H28NO+. The van der Waals surface area contributed by atoms with Gasteiger partial charge in [-0.05, 0) is 61.8 Å². The summed E-state index contributed by atoms with van der Waals surface area (Å²) in [7, 11) is 0. The first kappa shape index (κ1) is 14.5. The van der Waals surface area contributed by atoms with Gasteiger partial charge in [0, 0.05) is 5.92 Å². The van der Waals surface area contributed by atoms with Gasteiger partial charge < -0.3 is 0 Å². The number of hydrogen-bond donors (Lipinski definition) is 0. The van der Waals surface area contributed by atoms with Crippen molar-refractivity contribution in [3.63, 3.8) is 0 Å². The second kappa shape index (κ2) is 6.52. The van der Waals surface area contributed by atoms with Gasteiger partial charge in [-0.2, -0.15) is 0 Å². The molecule has 0 amide bonds. The molecule has 1 fully saturated rings. The highest BCUT2D eigenvalue weighted by Crippen LogP contribution is 2.39. The summed E-state index contributed by atoms with van der Waals surface area (Å²) in [4.78, 5) is 13.6. The molecular weight excluding hydrogens is 234 g/mol. The summed E-state index contributed by atoms with van der Waals surface area (Å²) in [6.45, 7) is 6.83. The Hall–Kier alpha value is -0.880. The van der Waals surface area contributed by atoms with E-state index in [0.29, 0.717) is 17.9 Å². The number of aliphatic imine (C=N–C) groups is 1. The lowest BCUT2D eigenvalue weighted by Crippen LogP contribution is -2.17. The van der Waals surface area contributed by atoms with Crippen LogP contribution >= 0.6 is 0 Å². The molecule has 2 heteroatoms. The van der Waals surface area contributed by atoms with Crippen molar-refractivity contribution in [2.75, 3.05) is 0 Å². The number of carbonyl (C=O) groups excluding carboxylic acids is 1. The smallest absolute Gasteiger partial charge is 0.284 e. The molecule has 5 atom stereocenters. The third kappa shape index (κ3) is 3.57. The van der Waals surface area contributed by atoms with Gasteiger partial charge in [-0.3, -0.25) is 4.79 Å². The van der Waals surface area contributed by atoms with Gasteiger partial charge in [0.2, 0.25) is 0 Å². The van der Waals surface area contributed by atoms with Crippen LogP contribution in [0.3, 0.4) is 0 Å². The molecule has 0 saturated heterocycles. The van der Waals surface area contributed by atoms with Crippen LogP contribution < -0.4 is 0 Å². The van der Waals surface area contributed by atoms with Crippen molar-refractivity contribution < 1.29 is 4.79 Å². The number of hydrogen-bond acceptors (Lipinski definition) is 1. The van der Waals surface area contributed by atoms with E-state index < -0.39 is 0 Å². The van der Waals surface area contributed by atoms with E-state index in [1.54, 1.807) is 0 Å².